The van der Waals surface area contributed by atoms with Gasteiger partial charge in [0.25, 0.3) is 5.91 Å². The summed E-state index contributed by atoms with van der Waals surface area (Å²) in [4.78, 5) is 12.2. The molecule has 2 heterocycles. The van der Waals surface area contributed by atoms with Crippen LogP contribution in [0.3, 0.4) is 0 Å². The molecule has 0 aliphatic heterocycles. The molecule has 6 heteroatoms. The van der Waals surface area contributed by atoms with Crippen molar-refractivity contribution in [3.05, 3.63) is 38.7 Å². The summed E-state index contributed by atoms with van der Waals surface area (Å²) in [6.45, 7) is 0.187. The number of aliphatic hydroxyl groups excluding tert-OH is 1. The lowest BCUT2D eigenvalue weighted by Gasteiger charge is -2.10. The molecule has 0 saturated carbocycles. The molecule has 0 fully saturated rings. The van der Waals surface area contributed by atoms with Gasteiger partial charge < -0.3 is 16.2 Å². The van der Waals surface area contributed by atoms with Crippen LogP contribution in [0.25, 0.3) is 0 Å². The first-order valence-corrected chi connectivity index (χ1v) is 6.82. The highest BCUT2D eigenvalue weighted by molar-refractivity contribution is 7.12. The third-order valence-corrected chi connectivity index (χ3v) is 3.92. The number of nitrogens with two attached hydrogens (primary N) is 1. The summed E-state index contributed by atoms with van der Waals surface area (Å²) < 4.78 is 0. The maximum absolute atomic E-state index is 11.7. The van der Waals surface area contributed by atoms with Crippen LogP contribution in [0.1, 0.15) is 21.3 Å². The summed E-state index contributed by atoms with van der Waals surface area (Å²) in [5.41, 5.74) is 6.92. The van der Waals surface area contributed by atoms with E-state index in [-0.39, 0.29) is 12.5 Å². The minimum Gasteiger partial charge on any atom is -0.397 e. The SMILES string of the molecule is Nc1ccsc1C(=O)NCC(O)c1ccsc1. The average molecular weight is 268 g/mol. The van der Waals surface area contributed by atoms with Crippen LogP contribution in [0.15, 0.2) is 28.3 Å². The molecule has 0 aromatic carbocycles. The Labute approximate surface area is 107 Å². The molecule has 1 amide bonds. The number of hydrogen-bond acceptors (Lipinski definition) is 5. The van der Waals surface area contributed by atoms with Crippen molar-refractivity contribution < 1.29 is 9.90 Å². The number of aliphatic hydroxyl groups is 1. The standard InChI is InChI=1S/C11H12N2O2S2/c12-8-2-4-17-10(8)11(15)13-5-9(14)7-1-3-16-6-7/h1-4,6,9,14H,5,12H2,(H,13,15). The Bertz CT molecular complexity index is 493. The Kier molecular flexibility index (Phi) is 3.78. The highest BCUT2D eigenvalue weighted by atomic mass is 32.1. The Morgan fingerprint density at radius 2 is 2.29 bits per heavy atom. The molecule has 0 aliphatic rings. The first-order chi connectivity index (χ1) is 8.18. The van der Waals surface area contributed by atoms with Crippen LogP contribution < -0.4 is 11.1 Å². The molecule has 0 bridgehead atoms. The third-order valence-electron chi connectivity index (χ3n) is 2.29. The van der Waals surface area contributed by atoms with Gasteiger partial charge in [-0.2, -0.15) is 11.3 Å². The average Bonchev–Trinajstić information content (AvgIpc) is 2.95. The van der Waals surface area contributed by atoms with Gasteiger partial charge in [0.2, 0.25) is 0 Å². The molecule has 2 rings (SSSR count). The molecule has 90 valence electrons. The number of nitrogen functional groups attached to an aromatic ring is 1. The Morgan fingerprint density at radius 3 is 2.88 bits per heavy atom. The number of thiophene rings is 2. The molecule has 0 spiro atoms. The monoisotopic (exact) mass is 268 g/mol. The van der Waals surface area contributed by atoms with E-state index in [2.05, 4.69) is 5.32 Å². The van der Waals surface area contributed by atoms with E-state index >= 15 is 0 Å². The molecule has 2 aromatic heterocycles. The maximum Gasteiger partial charge on any atom is 0.263 e. The van der Waals surface area contributed by atoms with Gasteiger partial charge in [0.1, 0.15) is 4.88 Å². The number of nitrogens with one attached hydrogen (secondary N) is 1. The summed E-state index contributed by atoms with van der Waals surface area (Å²) in [5.74, 6) is -0.244. The van der Waals surface area contributed by atoms with Gasteiger partial charge in [-0.05, 0) is 33.8 Å². The van der Waals surface area contributed by atoms with Crippen LogP contribution in [0.5, 0.6) is 0 Å². The fourth-order valence-corrected chi connectivity index (χ4v) is 2.80. The number of carbonyl (C=O) groups excluding carboxylic acids is 1. The molecule has 0 radical (unpaired) electrons. The fourth-order valence-electron chi connectivity index (χ4n) is 1.36. The van der Waals surface area contributed by atoms with E-state index in [1.165, 1.54) is 22.7 Å². The lowest BCUT2D eigenvalue weighted by Crippen LogP contribution is -2.28. The van der Waals surface area contributed by atoms with Gasteiger partial charge in [-0.1, -0.05) is 0 Å². The molecule has 17 heavy (non-hydrogen) atoms. The molecule has 1 atom stereocenters. The molecule has 4 N–H and O–H groups in total. The Balaban J connectivity index is 1.91. The number of rotatable bonds is 4. The second-order valence-electron chi connectivity index (χ2n) is 3.49. The van der Waals surface area contributed by atoms with E-state index in [1.807, 2.05) is 16.8 Å². The lowest BCUT2D eigenvalue weighted by atomic mass is 10.2. The summed E-state index contributed by atoms with van der Waals surface area (Å²) in [6.07, 6.45) is -0.675. The van der Waals surface area contributed by atoms with Crippen molar-refractivity contribution in [2.24, 2.45) is 0 Å². The van der Waals surface area contributed by atoms with Crippen LogP contribution in [0.4, 0.5) is 5.69 Å². The van der Waals surface area contributed by atoms with Crippen LogP contribution in [0, 0.1) is 0 Å². The smallest absolute Gasteiger partial charge is 0.263 e. The predicted octanol–water partition coefficient (Wildman–Crippen LogP) is 1.86. The van der Waals surface area contributed by atoms with E-state index in [9.17, 15) is 9.90 Å². The van der Waals surface area contributed by atoms with Crippen LogP contribution in [-0.4, -0.2) is 17.6 Å². The van der Waals surface area contributed by atoms with Gasteiger partial charge in [0.15, 0.2) is 0 Å². The van der Waals surface area contributed by atoms with E-state index < -0.39 is 6.10 Å². The van der Waals surface area contributed by atoms with Crippen molar-refractivity contribution in [2.75, 3.05) is 12.3 Å². The molecule has 4 nitrogen and oxygen atoms in total. The quantitative estimate of drug-likeness (QED) is 0.792. The van der Waals surface area contributed by atoms with Crippen LogP contribution in [0.2, 0.25) is 0 Å². The molecule has 1 unspecified atom stereocenters. The van der Waals surface area contributed by atoms with Gasteiger partial charge in [-0.25, -0.2) is 0 Å². The van der Waals surface area contributed by atoms with Gasteiger partial charge >= 0.3 is 0 Å². The number of hydrogen-bond donors (Lipinski definition) is 3. The van der Waals surface area contributed by atoms with E-state index in [4.69, 9.17) is 5.73 Å². The van der Waals surface area contributed by atoms with Crippen molar-refractivity contribution in [1.82, 2.24) is 5.32 Å². The highest BCUT2D eigenvalue weighted by Crippen LogP contribution is 2.19. The van der Waals surface area contributed by atoms with E-state index in [0.29, 0.717) is 10.6 Å². The first-order valence-electron chi connectivity index (χ1n) is 5.00. The molecule has 2 aromatic rings. The molecular formula is C11H12N2O2S2. The van der Waals surface area contributed by atoms with Crippen molar-refractivity contribution in [2.45, 2.75) is 6.10 Å². The lowest BCUT2D eigenvalue weighted by molar-refractivity contribution is 0.0921. The van der Waals surface area contributed by atoms with Gasteiger partial charge in [-0.15, -0.1) is 11.3 Å². The van der Waals surface area contributed by atoms with Gasteiger partial charge in [0, 0.05) is 6.54 Å². The van der Waals surface area contributed by atoms with E-state index in [1.54, 1.807) is 11.4 Å². The van der Waals surface area contributed by atoms with Crippen molar-refractivity contribution in [3.63, 3.8) is 0 Å². The molecular weight excluding hydrogens is 256 g/mol. The Morgan fingerprint density at radius 1 is 1.47 bits per heavy atom. The van der Waals surface area contributed by atoms with Crippen molar-refractivity contribution in [3.8, 4) is 0 Å². The second kappa shape index (κ2) is 5.31. The predicted molar refractivity (Wildman–Crippen MR) is 70.3 cm³/mol. The van der Waals surface area contributed by atoms with Crippen molar-refractivity contribution >= 4 is 34.3 Å². The molecule has 0 saturated heterocycles. The summed E-state index contributed by atoms with van der Waals surface area (Å²) in [7, 11) is 0. The Hall–Kier alpha value is -1.37. The minimum absolute atomic E-state index is 0.187. The molecule has 0 aliphatic carbocycles. The zero-order valence-corrected chi connectivity index (χ0v) is 10.6. The van der Waals surface area contributed by atoms with Crippen LogP contribution >= 0.6 is 22.7 Å². The van der Waals surface area contributed by atoms with Gasteiger partial charge in [0.05, 0.1) is 11.8 Å². The zero-order chi connectivity index (χ0) is 12.3. The normalized spacial score (nSPS) is 12.3. The first kappa shape index (κ1) is 12.1. The van der Waals surface area contributed by atoms with Gasteiger partial charge in [-0.3, -0.25) is 4.79 Å². The number of amides is 1. The number of carbonyl (C=O) groups is 1. The fraction of sp³-hybridized carbons (Fsp3) is 0.182. The second-order valence-corrected chi connectivity index (χ2v) is 5.18. The highest BCUT2D eigenvalue weighted by Gasteiger charge is 2.13. The topological polar surface area (TPSA) is 75.4 Å². The summed E-state index contributed by atoms with van der Waals surface area (Å²) in [6, 6.07) is 3.52. The van der Waals surface area contributed by atoms with E-state index in [0.717, 1.165) is 5.56 Å². The number of anilines is 1. The maximum atomic E-state index is 11.7. The zero-order valence-electron chi connectivity index (χ0n) is 8.92. The summed E-state index contributed by atoms with van der Waals surface area (Å²) >= 11 is 2.80. The van der Waals surface area contributed by atoms with Crippen LogP contribution in [-0.2, 0) is 0 Å². The third kappa shape index (κ3) is 2.85. The van der Waals surface area contributed by atoms with Crippen molar-refractivity contribution in [1.29, 1.82) is 0 Å². The summed E-state index contributed by atoms with van der Waals surface area (Å²) in [5, 5.41) is 18.0. The minimum atomic E-state index is -0.675. The largest absolute Gasteiger partial charge is 0.397 e.